The highest BCUT2D eigenvalue weighted by molar-refractivity contribution is 9.10. The van der Waals surface area contributed by atoms with Crippen LogP contribution >= 0.6 is 28.1 Å². The fraction of sp³-hybridized carbons (Fsp3) is 0.188. The van der Waals surface area contributed by atoms with Gasteiger partial charge in [-0.1, -0.05) is 51.8 Å². The Morgan fingerprint density at radius 2 is 1.76 bits per heavy atom. The summed E-state index contributed by atoms with van der Waals surface area (Å²) >= 11 is 9.09. The molecule has 21 heavy (non-hydrogen) atoms. The number of thiocarbonyl (C=S) groups is 1. The van der Waals surface area contributed by atoms with Gasteiger partial charge in [-0.3, -0.25) is 0 Å². The summed E-state index contributed by atoms with van der Waals surface area (Å²) in [5, 5.41) is 5.94. The van der Waals surface area contributed by atoms with E-state index in [-0.39, 0.29) is 0 Å². The van der Waals surface area contributed by atoms with Crippen LogP contribution in [-0.2, 0) is 5.66 Å². The normalized spacial score (nSPS) is 21.5. The summed E-state index contributed by atoms with van der Waals surface area (Å²) in [6.07, 6.45) is 0. The molecule has 2 aromatic rings. The standard InChI is InChI=1S/C16H16BrN3S/c1-11-7-9-12(10-8-11)20-15(21)18-16(2,19-20)13-5-3-4-6-14(13)17/h3-10,19H,1-2H3,(H,18,21)/t16-/m0/s1. The van der Waals surface area contributed by atoms with E-state index < -0.39 is 5.66 Å². The van der Waals surface area contributed by atoms with Gasteiger partial charge in [0.05, 0.1) is 5.69 Å². The summed E-state index contributed by atoms with van der Waals surface area (Å²) in [4.78, 5) is 0. The molecule has 0 aromatic heterocycles. The number of anilines is 1. The number of benzene rings is 2. The predicted molar refractivity (Wildman–Crippen MR) is 94.0 cm³/mol. The van der Waals surface area contributed by atoms with Crippen molar-refractivity contribution in [3.8, 4) is 0 Å². The molecule has 0 amide bonds. The van der Waals surface area contributed by atoms with Crippen molar-refractivity contribution in [2.75, 3.05) is 5.01 Å². The second-order valence-corrected chi connectivity index (χ2v) is 6.56. The molecule has 2 aromatic carbocycles. The van der Waals surface area contributed by atoms with Crippen molar-refractivity contribution >= 4 is 38.9 Å². The van der Waals surface area contributed by atoms with E-state index in [1.807, 2.05) is 23.2 Å². The van der Waals surface area contributed by atoms with Crippen LogP contribution in [0.25, 0.3) is 0 Å². The molecule has 0 spiro atoms. The van der Waals surface area contributed by atoms with Gasteiger partial charge < -0.3 is 5.32 Å². The Hall–Kier alpha value is -1.43. The summed E-state index contributed by atoms with van der Waals surface area (Å²) in [5.74, 6) is 0. The molecule has 2 N–H and O–H groups in total. The zero-order valence-corrected chi connectivity index (χ0v) is 14.3. The second kappa shape index (κ2) is 5.40. The Labute approximate surface area is 138 Å². The predicted octanol–water partition coefficient (Wildman–Crippen LogP) is 3.83. The van der Waals surface area contributed by atoms with E-state index in [0.717, 1.165) is 15.7 Å². The third-order valence-corrected chi connectivity index (χ3v) is 4.58. The molecule has 1 aliphatic heterocycles. The first-order valence-electron chi connectivity index (χ1n) is 6.71. The topological polar surface area (TPSA) is 27.3 Å². The fourth-order valence-electron chi connectivity index (χ4n) is 2.44. The molecule has 0 bridgehead atoms. The van der Waals surface area contributed by atoms with Gasteiger partial charge in [0.15, 0.2) is 5.11 Å². The first-order chi connectivity index (χ1) is 9.99. The average Bonchev–Trinajstić information content (AvgIpc) is 2.76. The van der Waals surface area contributed by atoms with Gasteiger partial charge in [0, 0.05) is 10.0 Å². The van der Waals surface area contributed by atoms with Crippen molar-refractivity contribution < 1.29 is 0 Å². The van der Waals surface area contributed by atoms with Crippen LogP contribution in [0.1, 0.15) is 18.1 Å². The van der Waals surface area contributed by atoms with Gasteiger partial charge in [0.1, 0.15) is 5.66 Å². The highest BCUT2D eigenvalue weighted by Gasteiger charge is 2.39. The van der Waals surface area contributed by atoms with Crippen molar-refractivity contribution in [2.45, 2.75) is 19.5 Å². The van der Waals surface area contributed by atoms with Crippen LogP contribution in [0, 0.1) is 6.92 Å². The molecule has 0 unspecified atom stereocenters. The Balaban J connectivity index is 1.94. The quantitative estimate of drug-likeness (QED) is 0.794. The molecular weight excluding hydrogens is 346 g/mol. The number of nitrogens with zero attached hydrogens (tertiary/aromatic N) is 1. The maximum Gasteiger partial charge on any atom is 0.190 e. The third kappa shape index (κ3) is 2.69. The summed E-state index contributed by atoms with van der Waals surface area (Å²) in [7, 11) is 0. The van der Waals surface area contributed by atoms with E-state index in [1.165, 1.54) is 5.56 Å². The number of hydrazine groups is 1. The van der Waals surface area contributed by atoms with E-state index >= 15 is 0 Å². The third-order valence-electron chi connectivity index (χ3n) is 3.60. The average molecular weight is 362 g/mol. The summed E-state index contributed by atoms with van der Waals surface area (Å²) < 4.78 is 1.04. The lowest BCUT2D eigenvalue weighted by molar-refractivity contribution is 0.388. The second-order valence-electron chi connectivity index (χ2n) is 5.32. The van der Waals surface area contributed by atoms with Crippen LogP contribution in [0.2, 0.25) is 0 Å². The van der Waals surface area contributed by atoms with Gasteiger partial charge in [-0.25, -0.2) is 5.01 Å². The molecule has 1 heterocycles. The molecule has 3 nitrogen and oxygen atoms in total. The van der Waals surface area contributed by atoms with Crippen molar-refractivity contribution in [1.82, 2.24) is 10.7 Å². The number of aryl methyl sites for hydroxylation is 1. The minimum absolute atomic E-state index is 0.442. The summed E-state index contributed by atoms with van der Waals surface area (Å²) in [5.41, 5.74) is 6.38. The number of halogens is 1. The van der Waals surface area contributed by atoms with Gasteiger partial charge in [-0.15, -0.1) is 0 Å². The number of rotatable bonds is 2. The van der Waals surface area contributed by atoms with Crippen LogP contribution in [0.4, 0.5) is 5.69 Å². The maximum absolute atomic E-state index is 5.48. The van der Waals surface area contributed by atoms with Crippen LogP contribution in [-0.4, -0.2) is 5.11 Å². The van der Waals surface area contributed by atoms with E-state index in [9.17, 15) is 0 Å². The SMILES string of the molecule is Cc1ccc(N2N[C@@](C)(c3ccccc3Br)NC2=S)cc1. The number of hydrogen-bond donors (Lipinski definition) is 2. The first-order valence-corrected chi connectivity index (χ1v) is 7.91. The molecule has 5 heteroatoms. The number of nitrogens with one attached hydrogen (secondary N) is 2. The number of hydrogen-bond acceptors (Lipinski definition) is 2. The van der Waals surface area contributed by atoms with Gasteiger partial charge in [0.2, 0.25) is 0 Å². The molecule has 1 fully saturated rings. The minimum Gasteiger partial charge on any atom is -0.338 e. The van der Waals surface area contributed by atoms with Crippen LogP contribution < -0.4 is 15.8 Å². The first kappa shape index (κ1) is 14.5. The molecule has 0 radical (unpaired) electrons. The Morgan fingerprint density at radius 3 is 2.43 bits per heavy atom. The highest BCUT2D eigenvalue weighted by Crippen LogP contribution is 2.31. The van der Waals surface area contributed by atoms with E-state index in [2.05, 4.69) is 70.9 Å². The van der Waals surface area contributed by atoms with Gasteiger partial charge in [-0.05, 0) is 44.3 Å². The lowest BCUT2D eigenvalue weighted by Gasteiger charge is -2.27. The van der Waals surface area contributed by atoms with Crippen molar-refractivity contribution in [3.63, 3.8) is 0 Å². The fourth-order valence-corrected chi connectivity index (χ4v) is 3.48. The zero-order chi connectivity index (χ0) is 15.0. The van der Waals surface area contributed by atoms with E-state index in [1.54, 1.807) is 0 Å². The summed E-state index contributed by atoms with van der Waals surface area (Å²) in [6, 6.07) is 16.4. The lowest BCUT2D eigenvalue weighted by atomic mass is 10.0. The maximum atomic E-state index is 5.48. The van der Waals surface area contributed by atoms with Gasteiger partial charge in [-0.2, -0.15) is 5.43 Å². The Kier molecular flexibility index (Phi) is 3.73. The Bertz CT molecular complexity index is 686. The molecule has 1 atom stereocenters. The molecule has 1 saturated heterocycles. The molecule has 3 rings (SSSR count). The van der Waals surface area contributed by atoms with Crippen LogP contribution in [0.15, 0.2) is 53.0 Å². The van der Waals surface area contributed by atoms with Crippen molar-refractivity contribution in [1.29, 1.82) is 0 Å². The van der Waals surface area contributed by atoms with Crippen LogP contribution in [0.3, 0.4) is 0 Å². The van der Waals surface area contributed by atoms with E-state index in [4.69, 9.17) is 12.2 Å². The molecule has 0 saturated carbocycles. The van der Waals surface area contributed by atoms with E-state index in [0.29, 0.717) is 5.11 Å². The monoisotopic (exact) mass is 361 g/mol. The summed E-state index contributed by atoms with van der Waals surface area (Å²) in [6.45, 7) is 4.15. The minimum atomic E-state index is -0.442. The smallest absolute Gasteiger partial charge is 0.190 e. The highest BCUT2D eigenvalue weighted by atomic mass is 79.9. The molecular formula is C16H16BrN3S. The van der Waals surface area contributed by atoms with Crippen LogP contribution in [0.5, 0.6) is 0 Å². The molecule has 1 aliphatic rings. The largest absolute Gasteiger partial charge is 0.338 e. The molecule has 108 valence electrons. The van der Waals surface area contributed by atoms with Gasteiger partial charge in [0.25, 0.3) is 0 Å². The van der Waals surface area contributed by atoms with Gasteiger partial charge >= 0.3 is 0 Å². The molecule has 0 aliphatic carbocycles. The lowest BCUT2D eigenvalue weighted by Crippen LogP contribution is -2.46. The zero-order valence-electron chi connectivity index (χ0n) is 11.9. The Morgan fingerprint density at radius 1 is 1.10 bits per heavy atom. The van der Waals surface area contributed by atoms with Crippen molar-refractivity contribution in [3.05, 3.63) is 64.1 Å². The van der Waals surface area contributed by atoms with Crippen molar-refractivity contribution in [2.24, 2.45) is 0 Å².